The molecule has 0 saturated heterocycles. The minimum absolute atomic E-state index is 0.0104. The molecule has 2 aromatic carbocycles. The third kappa shape index (κ3) is 5.77. The summed E-state index contributed by atoms with van der Waals surface area (Å²) in [4.78, 5) is 36.4. The smallest absolute Gasteiger partial charge is 0.294 e. The second-order valence-electron chi connectivity index (χ2n) is 6.43. The first-order valence-electron chi connectivity index (χ1n) is 8.45. The summed E-state index contributed by atoms with van der Waals surface area (Å²) in [5, 5.41) is 16.6. The highest BCUT2D eigenvalue weighted by molar-refractivity contribution is 6.31. The number of likely N-dealkylation sites (N-methyl/N-ethyl adjacent to an activating group) is 1. The number of nitro benzene ring substituents is 1. The standard InChI is InChI=1S/C19H21ClN4O4/c1-12-5-4-6-15(13(12)2)21-18(25)10-23(3)11-19(26)22-16-8-7-14(20)9-17(16)24(27)28/h4-9H,10-11H2,1-3H3,(H,21,25)(H,22,26). The summed E-state index contributed by atoms with van der Waals surface area (Å²) >= 11 is 5.76. The lowest BCUT2D eigenvalue weighted by molar-refractivity contribution is -0.383. The molecule has 2 rings (SSSR count). The minimum atomic E-state index is -0.622. The van der Waals surface area contributed by atoms with Gasteiger partial charge in [-0.1, -0.05) is 23.7 Å². The molecule has 0 aromatic heterocycles. The monoisotopic (exact) mass is 404 g/mol. The van der Waals surface area contributed by atoms with E-state index in [1.54, 1.807) is 7.05 Å². The van der Waals surface area contributed by atoms with Crippen molar-refractivity contribution in [3.8, 4) is 0 Å². The van der Waals surface area contributed by atoms with E-state index >= 15 is 0 Å². The van der Waals surface area contributed by atoms with Crippen molar-refractivity contribution in [3.63, 3.8) is 0 Å². The highest BCUT2D eigenvalue weighted by Crippen LogP contribution is 2.27. The Morgan fingerprint density at radius 2 is 1.68 bits per heavy atom. The molecule has 0 unspecified atom stereocenters. The third-order valence-electron chi connectivity index (χ3n) is 4.14. The summed E-state index contributed by atoms with van der Waals surface area (Å²) in [6, 6.07) is 9.60. The van der Waals surface area contributed by atoms with E-state index in [4.69, 9.17) is 11.6 Å². The van der Waals surface area contributed by atoms with Crippen LogP contribution in [0.25, 0.3) is 0 Å². The van der Waals surface area contributed by atoms with Gasteiger partial charge in [-0.05, 0) is 50.2 Å². The number of nitrogens with one attached hydrogen (secondary N) is 2. The van der Waals surface area contributed by atoms with Gasteiger partial charge in [0.15, 0.2) is 0 Å². The molecule has 148 valence electrons. The highest BCUT2D eigenvalue weighted by atomic mass is 35.5. The number of rotatable bonds is 7. The predicted molar refractivity (Wildman–Crippen MR) is 109 cm³/mol. The molecule has 0 heterocycles. The van der Waals surface area contributed by atoms with Gasteiger partial charge in [-0.2, -0.15) is 0 Å². The largest absolute Gasteiger partial charge is 0.325 e. The van der Waals surface area contributed by atoms with Crippen LogP contribution in [0.15, 0.2) is 36.4 Å². The Morgan fingerprint density at radius 3 is 2.29 bits per heavy atom. The van der Waals surface area contributed by atoms with E-state index < -0.39 is 10.8 Å². The van der Waals surface area contributed by atoms with E-state index in [2.05, 4.69) is 10.6 Å². The van der Waals surface area contributed by atoms with Crippen LogP contribution >= 0.6 is 11.6 Å². The van der Waals surface area contributed by atoms with Crippen molar-refractivity contribution in [2.24, 2.45) is 0 Å². The number of hydrogen-bond donors (Lipinski definition) is 2. The molecule has 0 spiro atoms. The van der Waals surface area contributed by atoms with Gasteiger partial charge in [0.1, 0.15) is 5.69 Å². The van der Waals surface area contributed by atoms with Crippen molar-refractivity contribution in [3.05, 3.63) is 62.7 Å². The first kappa shape index (κ1) is 21.3. The lowest BCUT2D eigenvalue weighted by Gasteiger charge is -2.17. The molecule has 0 fully saturated rings. The molecular weight excluding hydrogens is 384 g/mol. The summed E-state index contributed by atoms with van der Waals surface area (Å²) in [6.45, 7) is 3.75. The van der Waals surface area contributed by atoms with E-state index in [1.807, 2.05) is 32.0 Å². The molecule has 0 aliphatic rings. The van der Waals surface area contributed by atoms with Crippen LogP contribution in [-0.2, 0) is 9.59 Å². The number of benzene rings is 2. The van der Waals surface area contributed by atoms with Crippen LogP contribution in [0.4, 0.5) is 17.1 Å². The SMILES string of the molecule is Cc1cccc(NC(=O)CN(C)CC(=O)Nc2ccc(Cl)cc2[N+](=O)[O-])c1C. The van der Waals surface area contributed by atoms with Crippen molar-refractivity contribution in [1.82, 2.24) is 4.90 Å². The second-order valence-corrected chi connectivity index (χ2v) is 6.87. The van der Waals surface area contributed by atoms with E-state index in [1.165, 1.54) is 23.1 Å². The van der Waals surface area contributed by atoms with Gasteiger partial charge in [-0.15, -0.1) is 0 Å². The number of carbonyl (C=O) groups excluding carboxylic acids is 2. The van der Waals surface area contributed by atoms with Crippen molar-refractivity contribution in [2.75, 3.05) is 30.8 Å². The summed E-state index contributed by atoms with van der Waals surface area (Å²) in [5.41, 5.74) is 2.52. The van der Waals surface area contributed by atoms with Crippen LogP contribution in [0.3, 0.4) is 0 Å². The number of nitro groups is 1. The number of amides is 2. The summed E-state index contributed by atoms with van der Waals surface area (Å²) in [6.07, 6.45) is 0. The van der Waals surface area contributed by atoms with Gasteiger partial charge in [-0.3, -0.25) is 24.6 Å². The molecule has 0 atom stereocenters. The van der Waals surface area contributed by atoms with Crippen LogP contribution in [0.5, 0.6) is 0 Å². The zero-order valence-electron chi connectivity index (χ0n) is 15.8. The number of anilines is 2. The first-order valence-corrected chi connectivity index (χ1v) is 8.83. The molecule has 2 aromatic rings. The molecule has 0 radical (unpaired) electrons. The molecule has 2 N–H and O–H groups in total. The van der Waals surface area contributed by atoms with Crippen molar-refractivity contribution in [2.45, 2.75) is 13.8 Å². The lowest BCUT2D eigenvalue weighted by atomic mass is 10.1. The summed E-state index contributed by atoms with van der Waals surface area (Å²) in [7, 11) is 1.61. The maximum atomic E-state index is 12.2. The lowest BCUT2D eigenvalue weighted by Crippen LogP contribution is -2.36. The summed E-state index contributed by atoms with van der Waals surface area (Å²) in [5.74, 6) is -0.742. The van der Waals surface area contributed by atoms with Crippen LogP contribution in [0.2, 0.25) is 5.02 Å². The molecule has 28 heavy (non-hydrogen) atoms. The van der Waals surface area contributed by atoms with Crippen molar-refractivity contribution < 1.29 is 14.5 Å². The van der Waals surface area contributed by atoms with Crippen LogP contribution < -0.4 is 10.6 Å². The van der Waals surface area contributed by atoms with Crippen LogP contribution in [0.1, 0.15) is 11.1 Å². The topological polar surface area (TPSA) is 105 Å². The number of carbonyl (C=O) groups is 2. The molecule has 8 nitrogen and oxygen atoms in total. The van der Waals surface area contributed by atoms with Gasteiger partial charge in [0.25, 0.3) is 5.69 Å². The zero-order chi connectivity index (χ0) is 20.8. The normalized spacial score (nSPS) is 10.6. The predicted octanol–water partition coefficient (Wildman–Crippen LogP) is 3.37. The maximum absolute atomic E-state index is 12.2. The number of aryl methyl sites for hydroxylation is 1. The van der Waals surface area contributed by atoms with E-state index in [-0.39, 0.29) is 35.4 Å². The Bertz CT molecular complexity index is 917. The van der Waals surface area contributed by atoms with Crippen molar-refractivity contribution in [1.29, 1.82) is 0 Å². The third-order valence-corrected chi connectivity index (χ3v) is 4.37. The number of nitrogens with zero attached hydrogens (tertiary/aromatic N) is 2. The van der Waals surface area contributed by atoms with Gasteiger partial charge in [0.05, 0.1) is 18.0 Å². The van der Waals surface area contributed by atoms with E-state index in [0.717, 1.165) is 16.8 Å². The van der Waals surface area contributed by atoms with Gasteiger partial charge in [-0.25, -0.2) is 0 Å². The summed E-state index contributed by atoms with van der Waals surface area (Å²) < 4.78 is 0. The van der Waals surface area contributed by atoms with Gasteiger partial charge in [0, 0.05) is 16.8 Å². The van der Waals surface area contributed by atoms with Gasteiger partial charge >= 0.3 is 0 Å². The van der Waals surface area contributed by atoms with Gasteiger partial charge < -0.3 is 10.6 Å². The zero-order valence-corrected chi connectivity index (χ0v) is 16.5. The van der Waals surface area contributed by atoms with E-state index in [9.17, 15) is 19.7 Å². The fraction of sp³-hybridized carbons (Fsp3) is 0.263. The van der Waals surface area contributed by atoms with E-state index in [0.29, 0.717) is 0 Å². The number of hydrogen-bond acceptors (Lipinski definition) is 5. The molecular formula is C19H21ClN4O4. The Balaban J connectivity index is 1.93. The minimum Gasteiger partial charge on any atom is -0.325 e. The second kappa shape index (κ2) is 9.29. The fourth-order valence-electron chi connectivity index (χ4n) is 2.57. The highest BCUT2D eigenvalue weighted by Gasteiger charge is 2.18. The quantitative estimate of drug-likeness (QED) is 0.543. The average molecular weight is 405 g/mol. The molecule has 9 heteroatoms. The Hall–Kier alpha value is -2.97. The first-order chi connectivity index (χ1) is 13.2. The van der Waals surface area contributed by atoms with Crippen LogP contribution in [-0.4, -0.2) is 41.8 Å². The fourth-order valence-corrected chi connectivity index (χ4v) is 2.74. The Morgan fingerprint density at radius 1 is 1.07 bits per heavy atom. The molecule has 0 saturated carbocycles. The average Bonchev–Trinajstić information content (AvgIpc) is 2.60. The maximum Gasteiger partial charge on any atom is 0.294 e. The molecule has 0 bridgehead atoms. The molecule has 0 aliphatic heterocycles. The number of halogens is 1. The molecule has 0 aliphatic carbocycles. The Kier molecular flexibility index (Phi) is 7.08. The van der Waals surface area contributed by atoms with Gasteiger partial charge in [0.2, 0.25) is 11.8 Å². The molecule has 2 amide bonds. The van der Waals surface area contributed by atoms with Crippen LogP contribution in [0, 0.1) is 24.0 Å². The Labute approximate surface area is 167 Å². The van der Waals surface area contributed by atoms with Crippen molar-refractivity contribution >= 4 is 40.5 Å².